The lowest BCUT2D eigenvalue weighted by atomic mass is 10.2. The molecule has 152 valence electrons. The number of amides is 1. The van der Waals surface area contributed by atoms with Gasteiger partial charge in [0.15, 0.2) is 0 Å². The third-order valence-electron chi connectivity index (χ3n) is 4.67. The van der Waals surface area contributed by atoms with Gasteiger partial charge in [-0.3, -0.25) is 4.79 Å². The van der Waals surface area contributed by atoms with Crippen LogP contribution in [-0.2, 0) is 5.75 Å². The Morgan fingerprint density at radius 1 is 1.10 bits per heavy atom. The van der Waals surface area contributed by atoms with Gasteiger partial charge in [0.1, 0.15) is 11.5 Å². The van der Waals surface area contributed by atoms with E-state index < -0.39 is 0 Å². The van der Waals surface area contributed by atoms with Crippen molar-refractivity contribution in [2.75, 3.05) is 20.2 Å². The second-order valence-electron chi connectivity index (χ2n) is 6.83. The molecule has 0 aliphatic rings. The molecule has 0 radical (unpaired) electrons. The molecule has 1 amide bonds. The molecule has 2 aromatic carbocycles. The van der Waals surface area contributed by atoms with Crippen molar-refractivity contribution in [3.05, 3.63) is 77.2 Å². The minimum Gasteiger partial charge on any atom is -0.494 e. The molecule has 0 atom stereocenters. The largest absolute Gasteiger partial charge is 0.494 e. The lowest BCUT2D eigenvalue weighted by Crippen LogP contribution is -2.29. The molecular weight excluding hydrogens is 384 g/mol. The van der Waals surface area contributed by atoms with Crippen LogP contribution >= 0.6 is 11.8 Å². The Kier molecular flexibility index (Phi) is 7.36. The number of carbonyl (C=O) groups excluding carboxylic acids is 1. The van der Waals surface area contributed by atoms with Crippen LogP contribution < -0.4 is 4.74 Å². The molecule has 0 unspecified atom stereocenters. The van der Waals surface area contributed by atoms with Gasteiger partial charge in [-0.25, -0.2) is 0 Å². The highest BCUT2D eigenvalue weighted by Gasteiger charge is 2.17. The molecule has 29 heavy (non-hydrogen) atoms. The summed E-state index contributed by atoms with van der Waals surface area (Å²) < 4.78 is 10.9. The maximum Gasteiger partial charge on any atom is 0.254 e. The minimum atomic E-state index is 0.0200. The molecule has 0 aliphatic carbocycles. The molecule has 6 heteroatoms. The van der Waals surface area contributed by atoms with Crippen molar-refractivity contribution >= 4 is 17.7 Å². The predicted molar refractivity (Wildman–Crippen MR) is 115 cm³/mol. The molecule has 0 saturated carbocycles. The number of aryl methyl sites for hydroxylation is 2. The van der Waals surface area contributed by atoms with E-state index in [0.717, 1.165) is 45.4 Å². The summed E-state index contributed by atoms with van der Waals surface area (Å²) in [6, 6.07) is 17.4. The fourth-order valence-electron chi connectivity index (χ4n) is 2.94. The number of rotatable bonds is 9. The maximum atomic E-state index is 13.0. The monoisotopic (exact) mass is 410 g/mol. The number of carbonyl (C=O) groups is 1. The maximum absolute atomic E-state index is 13.0. The van der Waals surface area contributed by atoms with Crippen LogP contribution in [0.3, 0.4) is 0 Å². The number of aromatic nitrogens is 1. The fourth-order valence-corrected chi connectivity index (χ4v) is 4.14. The van der Waals surface area contributed by atoms with E-state index in [-0.39, 0.29) is 5.91 Å². The van der Waals surface area contributed by atoms with Crippen LogP contribution in [0, 0.1) is 13.8 Å². The van der Waals surface area contributed by atoms with Crippen LogP contribution in [0.2, 0.25) is 0 Å². The predicted octanol–water partition coefficient (Wildman–Crippen LogP) is 5.12. The third kappa shape index (κ3) is 5.64. The van der Waals surface area contributed by atoms with Crippen molar-refractivity contribution in [3.63, 3.8) is 0 Å². The van der Waals surface area contributed by atoms with E-state index in [1.54, 1.807) is 16.7 Å². The Morgan fingerprint density at radius 2 is 1.83 bits per heavy atom. The molecule has 0 bridgehead atoms. The molecule has 1 heterocycles. The van der Waals surface area contributed by atoms with E-state index >= 15 is 0 Å². The average Bonchev–Trinajstić information content (AvgIpc) is 3.07. The van der Waals surface area contributed by atoms with Crippen molar-refractivity contribution in [2.24, 2.45) is 0 Å². The number of para-hydroxylation sites is 1. The van der Waals surface area contributed by atoms with E-state index in [2.05, 4.69) is 5.16 Å². The highest BCUT2D eigenvalue weighted by Crippen LogP contribution is 2.29. The van der Waals surface area contributed by atoms with E-state index in [1.165, 1.54) is 0 Å². The van der Waals surface area contributed by atoms with Crippen molar-refractivity contribution in [1.29, 1.82) is 0 Å². The van der Waals surface area contributed by atoms with Crippen LogP contribution in [-0.4, -0.2) is 36.2 Å². The summed E-state index contributed by atoms with van der Waals surface area (Å²) in [5, 5.41) is 4.00. The zero-order valence-corrected chi connectivity index (χ0v) is 17.9. The van der Waals surface area contributed by atoms with E-state index in [9.17, 15) is 4.79 Å². The van der Waals surface area contributed by atoms with Crippen LogP contribution in [0.4, 0.5) is 0 Å². The Morgan fingerprint density at radius 3 is 2.55 bits per heavy atom. The topological polar surface area (TPSA) is 55.6 Å². The summed E-state index contributed by atoms with van der Waals surface area (Å²) in [5.74, 6) is 2.42. The van der Waals surface area contributed by atoms with Gasteiger partial charge in [0.25, 0.3) is 5.91 Å². The molecular formula is C23H26N2O3S. The molecule has 0 saturated heterocycles. The molecule has 0 aliphatic heterocycles. The normalized spacial score (nSPS) is 10.7. The second-order valence-corrected chi connectivity index (χ2v) is 7.85. The first-order valence-corrected chi connectivity index (χ1v) is 10.6. The third-order valence-corrected chi connectivity index (χ3v) is 5.77. The van der Waals surface area contributed by atoms with Crippen molar-refractivity contribution in [2.45, 2.75) is 30.9 Å². The lowest BCUT2D eigenvalue weighted by Gasteiger charge is -2.19. The summed E-state index contributed by atoms with van der Waals surface area (Å²) in [6.45, 7) is 5.06. The molecule has 3 rings (SSSR count). The van der Waals surface area contributed by atoms with Gasteiger partial charge in [-0.2, -0.15) is 0 Å². The smallest absolute Gasteiger partial charge is 0.254 e. The number of ether oxygens (including phenoxy) is 1. The second kappa shape index (κ2) is 10.2. The SMILES string of the molecule is Cc1noc(C)c1CSc1ccccc1C(=O)N(C)CCCOc1ccccc1. The molecule has 0 N–H and O–H groups in total. The van der Waals surface area contributed by atoms with Crippen LogP contribution in [0.15, 0.2) is 64.0 Å². The van der Waals surface area contributed by atoms with Gasteiger partial charge in [-0.05, 0) is 44.5 Å². The van der Waals surface area contributed by atoms with Crippen LogP contribution in [0.1, 0.15) is 33.8 Å². The van der Waals surface area contributed by atoms with Crippen LogP contribution in [0.25, 0.3) is 0 Å². The standard InChI is InChI=1S/C23H26N2O3S/c1-17-21(18(2)28-24-17)16-29-22-13-8-7-12-20(22)23(26)25(3)14-9-15-27-19-10-5-4-6-11-19/h4-8,10-13H,9,14-16H2,1-3H3. The van der Waals surface area contributed by atoms with Crippen molar-refractivity contribution < 1.29 is 14.1 Å². The number of hydrogen-bond acceptors (Lipinski definition) is 5. The number of thioether (sulfide) groups is 1. The number of nitrogens with zero attached hydrogens (tertiary/aromatic N) is 2. The van der Waals surface area contributed by atoms with Gasteiger partial charge in [0, 0.05) is 29.8 Å². The summed E-state index contributed by atoms with van der Waals surface area (Å²) in [6.07, 6.45) is 0.769. The van der Waals surface area contributed by atoms with E-state index in [0.29, 0.717) is 13.2 Å². The van der Waals surface area contributed by atoms with Gasteiger partial charge in [0.2, 0.25) is 0 Å². The highest BCUT2D eigenvalue weighted by molar-refractivity contribution is 7.98. The minimum absolute atomic E-state index is 0.0200. The van der Waals surface area contributed by atoms with Gasteiger partial charge < -0.3 is 14.2 Å². The van der Waals surface area contributed by atoms with Gasteiger partial charge in [-0.15, -0.1) is 11.8 Å². The highest BCUT2D eigenvalue weighted by atomic mass is 32.2. The Hall–Kier alpha value is -2.73. The summed E-state index contributed by atoms with van der Waals surface area (Å²) >= 11 is 1.63. The lowest BCUT2D eigenvalue weighted by molar-refractivity contribution is 0.0784. The first-order valence-electron chi connectivity index (χ1n) is 9.63. The number of benzene rings is 2. The summed E-state index contributed by atoms with van der Waals surface area (Å²) in [4.78, 5) is 15.7. The summed E-state index contributed by atoms with van der Waals surface area (Å²) in [7, 11) is 1.83. The van der Waals surface area contributed by atoms with Crippen molar-refractivity contribution in [1.82, 2.24) is 10.1 Å². The van der Waals surface area contributed by atoms with Gasteiger partial charge in [0.05, 0.1) is 17.9 Å². The van der Waals surface area contributed by atoms with Crippen LogP contribution in [0.5, 0.6) is 5.75 Å². The van der Waals surface area contributed by atoms with Gasteiger partial charge >= 0.3 is 0 Å². The molecule has 3 aromatic rings. The zero-order chi connectivity index (χ0) is 20.6. The molecule has 0 fully saturated rings. The van der Waals surface area contributed by atoms with Crippen molar-refractivity contribution in [3.8, 4) is 5.75 Å². The Balaban J connectivity index is 1.55. The molecule has 5 nitrogen and oxygen atoms in total. The quantitative estimate of drug-likeness (QED) is 0.362. The number of hydrogen-bond donors (Lipinski definition) is 0. The van der Waals surface area contributed by atoms with Gasteiger partial charge in [-0.1, -0.05) is 35.5 Å². The zero-order valence-electron chi connectivity index (χ0n) is 17.1. The fraction of sp³-hybridized carbons (Fsp3) is 0.304. The van der Waals surface area contributed by atoms with E-state index in [4.69, 9.17) is 9.26 Å². The first-order chi connectivity index (χ1) is 14.1. The van der Waals surface area contributed by atoms with E-state index in [1.807, 2.05) is 75.5 Å². The Labute approximate surface area is 176 Å². The average molecular weight is 411 g/mol. The molecule has 0 spiro atoms. The summed E-state index contributed by atoms with van der Waals surface area (Å²) in [5.41, 5.74) is 2.70. The Bertz CT molecular complexity index is 921. The molecule has 1 aromatic heterocycles. The first kappa shape index (κ1) is 21.0.